The number of methoxy groups -OCH3 is 1. The molecule has 0 aliphatic rings. The Morgan fingerprint density at radius 3 is 2.79 bits per heavy atom. The Morgan fingerprint density at radius 2 is 1.96 bits per heavy atom. The average Bonchev–Trinajstić information content (AvgIpc) is 3.29. The number of hydrogen-bond acceptors (Lipinski definition) is 6. The number of nitrogens with zero attached hydrogens (tertiary/aromatic N) is 3. The number of aromatic nitrogens is 3. The Balaban J connectivity index is 1.42. The van der Waals surface area contributed by atoms with Crippen molar-refractivity contribution < 1.29 is 14.3 Å². The first-order chi connectivity index (χ1) is 13.7. The van der Waals surface area contributed by atoms with Crippen molar-refractivity contribution in [3.63, 3.8) is 0 Å². The lowest BCUT2D eigenvalue weighted by atomic mass is 10.2. The number of benzene rings is 2. The molecule has 1 amide bonds. The summed E-state index contributed by atoms with van der Waals surface area (Å²) in [6.07, 6.45) is 0.213. The molecule has 0 saturated carbocycles. The van der Waals surface area contributed by atoms with Gasteiger partial charge in [0.25, 0.3) is 0 Å². The smallest absolute Gasteiger partial charge is 0.250 e. The molecule has 0 radical (unpaired) electrons. The number of fused-ring (bicyclic) bond motifs is 1. The minimum Gasteiger partial charge on any atom is -0.497 e. The van der Waals surface area contributed by atoms with Crippen LogP contribution >= 0.6 is 11.3 Å². The van der Waals surface area contributed by atoms with Gasteiger partial charge < -0.3 is 9.47 Å². The van der Waals surface area contributed by atoms with Gasteiger partial charge in [0.2, 0.25) is 16.8 Å². The second-order valence-corrected chi connectivity index (χ2v) is 6.78. The molecule has 8 heteroatoms. The van der Waals surface area contributed by atoms with Crippen molar-refractivity contribution in [2.75, 3.05) is 19.0 Å². The van der Waals surface area contributed by atoms with Gasteiger partial charge in [-0.25, -0.2) is 4.52 Å². The zero-order chi connectivity index (χ0) is 19.3. The lowest BCUT2D eigenvalue weighted by Crippen LogP contribution is -2.16. The lowest BCUT2D eigenvalue weighted by Gasteiger charge is -2.05. The average molecular weight is 394 g/mol. The van der Waals surface area contributed by atoms with E-state index >= 15 is 0 Å². The standard InChI is InChI=1S/C20H18N4O3S/c1-26-16-9-5-6-14(12-16)17-13-28-20-22-19(23-24(17)20)21-18(25)10-11-27-15-7-3-2-4-8-15/h2-9,12-13H,10-11H2,1H3,(H,21,23,25). The number of ether oxygens (including phenoxy) is 2. The van der Waals surface area contributed by atoms with Gasteiger partial charge in [-0.3, -0.25) is 10.1 Å². The van der Waals surface area contributed by atoms with Crippen LogP contribution in [0.1, 0.15) is 6.42 Å². The first kappa shape index (κ1) is 18.0. The number of hydrogen-bond donors (Lipinski definition) is 1. The van der Waals surface area contributed by atoms with Crippen molar-refractivity contribution in [1.82, 2.24) is 14.6 Å². The molecule has 0 saturated heterocycles. The van der Waals surface area contributed by atoms with Gasteiger partial charge in [-0.2, -0.15) is 4.98 Å². The normalized spacial score (nSPS) is 10.8. The molecule has 2 aromatic carbocycles. The number of amides is 1. The van der Waals surface area contributed by atoms with E-state index in [9.17, 15) is 4.79 Å². The molecule has 28 heavy (non-hydrogen) atoms. The van der Waals surface area contributed by atoms with Gasteiger partial charge >= 0.3 is 0 Å². The van der Waals surface area contributed by atoms with Crippen molar-refractivity contribution in [3.05, 3.63) is 60.0 Å². The SMILES string of the molecule is COc1cccc(-c2csc3nc(NC(=O)CCOc4ccccc4)nn23)c1. The molecule has 0 aliphatic carbocycles. The van der Waals surface area contributed by atoms with Crippen molar-refractivity contribution >= 4 is 28.2 Å². The van der Waals surface area contributed by atoms with Crippen molar-refractivity contribution in [3.8, 4) is 22.8 Å². The van der Waals surface area contributed by atoms with Crippen molar-refractivity contribution in [1.29, 1.82) is 0 Å². The number of rotatable bonds is 7. The van der Waals surface area contributed by atoms with Gasteiger partial charge in [-0.15, -0.1) is 16.4 Å². The third-order valence-electron chi connectivity index (χ3n) is 4.04. The van der Waals surface area contributed by atoms with Gasteiger partial charge in [0.05, 0.1) is 25.8 Å². The molecule has 2 heterocycles. The Hall–Kier alpha value is -3.39. The van der Waals surface area contributed by atoms with Gasteiger partial charge in [-0.05, 0) is 24.3 Å². The van der Waals surface area contributed by atoms with Crippen LogP contribution in [-0.4, -0.2) is 34.2 Å². The van der Waals surface area contributed by atoms with Crippen LogP contribution in [-0.2, 0) is 4.79 Å². The van der Waals surface area contributed by atoms with Crippen molar-refractivity contribution in [2.45, 2.75) is 6.42 Å². The van der Waals surface area contributed by atoms with Crippen LogP contribution in [0.15, 0.2) is 60.0 Å². The van der Waals surface area contributed by atoms with Crippen LogP contribution in [0.25, 0.3) is 16.2 Å². The second-order valence-electron chi connectivity index (χ2n) is 5.94. The number of para-hydroxylation sites is 1. The minimum absolute atomic E-state index is 0.197. The topological polar surface area (TPSA) is 77.8 Å². The third kappa shape index (κ3) is 3.96. The predicted molar refractivity (Wildman–Crippen MR) is 108 cm³/mol. The summed E-state index contributed by atoms with van der Waals surface area (Å²) >= 11 is 1.46. The molecule has 142 valence electrons. The van der Waals surface area contributed by atoms with E-state index in [-0.39, 0.29) is 24.9 Å². The summed E-state index contributed by atoms with van der Waals surface area (Å²) in [5.41, 5.74) is 1.85. The highest BCUT2D eigenvalue weighted by atomic mass is 32.1. The summed E-state index contributed by atoms with van der Waals surface area (Å²) in [5.74, 6) is 1.58. The Labute approximate surface area is 165 Å². The molecule has 2 aromatic heterocycles. The van der Waals surface area contributed by atoms with Crippen LogP contribution in [0.5, 0.6) is 11.5 Å². The highest BCUT2D eigenvalue weighted by Crippen LogP contribution is 2.28. The summed E-state index contributed by atoms with van der Waals surface area (Å²) in [4.78, 5) is 17.2. The van der Waals surface area contributed by atoms with E-state index < -0.39 is 0 Å². The second kappa shape index (κ2) is 8.10. The van der Waals surface area contributed by atoms with Gasteiger partial charge in [-0.1, -0.05) is 30.3 Å². The fraction of sp³-hybridized carbons (Fsp3) is 0.150. The predicted octanol–water partition coefficient (Wildman–Crippen LogP) is 3.87. The van der Waals surface area contributed by atoms with Crippen LogP contribution in [0.4, 0.5) is 5.95 Å². The quantitative estimate of drug-likeness (QED) is 0.515. The fourth-order valence-corrected chi connectivity index (χ4v) is 3.51. The summed E-state index contributed by atoms with van der Waals surface area (Å²) in [5, 5.41) is 9.11. The van der Waals surface area contributed by atoms with E-state index in [2.05, 4.69) is 15.4 Å². The number of anilines is 1. The van der Waals surface area contributed by atoms with Gasteiger partial charge in [0.1, 0.15) is 11.5 Å². The third-order valence-corrected chi connectivity index (χ3v) is 4.86. The first-order valence-electron chi connectivity index (χ1n) is 8.69. The zero-order valence-corrected chi connectivity index (χ0v) is 16.0. The van der Waals surface area contributed by atoms with E-state index in [1.807, 2.05) is 60.0 Å². The maximum absolute atomic E-state index is 12.1. The molecule has 1 N–H and O–H groups in total. The lowest BCUT2D eigenvalue weighted by molar-refractivity contribution is -0.116. The molecule has 0 bridgehead atoms. The summed E-state index contributed by atoms with van der Waals surface area (Å²) in [7, 11) is 1.63. The van der Waals surface area contributed by atoms with Crippen LogP contribution in [0, 0.1) is 0 Å². The fourth-order valence-electron chi connectivity index (χ4n) is 2.68. The molecule has 4 rings (SSSR count). The molecular weight excluding hydrogens is 376 g/mol. The molecular formula is C20H18N4O3S. The molecule has 4 aromatic rings. The minimum atomic E-state index is -0.197. The van der Waals surface area contributed by atoms with Crippen LogP contribution in [0.3, 0.4) is 0 Å². The number of carbonyl (C=O) groups is 1. The van der Waals surface area contributed by atoms with E-state index in [0.29, 0.717) is 4.96 Å². The number of nitrogens with one attached hydrogen (secondary N) is 1. The largest absolute Gasteiger partial charge is 0.497 e. The maximum atomic E-state index is 12.1. The van der Waals surface area contributed by atoms with E-state index in [4.69, 9.17) is 9.47 Å². The van der Waals surface area contributed by atoms with E-state index in [1.54, 1.807) is 11.6 Å². The molecule has 0 fully saturated rings. The summed E-state index contributed by atoms with van der Waals surface area (Å²) in [6, 6.07) is 17.1. The Kier molecular flexibility index (Phi) is 5.20. The van der Waals surface area contributed by atoms with Gasteiger partial charge in [0.15, 0.2) is 0 Å². The van der Waals surface area contributed by atoms with E-state index in [1.165, 1.54) is 11.3 Å². The highest BCUT2D eigenvalue weighted by Gasteiger charge is 2.14. The molecule has 0 unspecified atom stereocenters. The first-order valence-corrected chi connectivity index (χ1v) is 9.57. The molecule has 0 spiro atoms. The maximum Gasteiger partial charge on any atom is 0.250 e. The summed E-state index contributed by atoms with van der Waals surface area (Å²) in [6.45, 7) is 0.285. The molecule has 7 nitrogen and oxygen atoms in total. The number of thiazole rings is 1. The zero-order valence-electron chi connectivity index (χ0n) is 15.2. The van der Waals surface area contributed by atoms with E-state index in [0.717, 1.165) is 22.8 Å². The van der Waals surface area contributed by atoms with Crippen LogP contribution < -0.4 is 14.8 Å². The Morgan fingerprint density at radius 1 is 1.14 bits per heavy atom. The molecule has 0 atom stereocenters. The van der Waals surface area contributed by atoms with Crippen LogP contribution in [0.2, 0.25) is 0 Å². The Bertz CT molecular complexity index is 1090. The van der Waals surface area contributed by atoms with Crippen molar-refractivity contribution in [2.24, 2.45) is 0 Å². The highest BCUT2D eigenvalue weighted by molar-refractivity contribution is 7.15. The number of carbonyl (C=O) groups excluding carboxylic acids is 1. The van der Waals surface area contributed by atoms with Gasteiger partial charge in [0, 0.05) is 10.9 Å². The summed E-state index contributed by atoms with van der Waals surface area (Å²) < 4.78 is 12.5. The molecule has 0 aliphatic heterocycles. The monoisotopic (exact) mass is 394 g/mol.